The van der Waals surface area contributed by atoms with E-state index in [1.54, 1.807) is 46.0 Å². The highest BCUT2D eigenvalue weighted by Crippen LogP contribution is 2.05. The van der Waals surface area contributed by atoms with Crippen LogP contribution in [0, 0.1) is 0 Å². The molecule has 14 heavy (non-hydrogen) atoms. The molecule has 0 unspecified atom stereocenters. The first-order chi connectivity index (χ1) is 6.86. The second-order valence-corrected chi connectivity index (χ2v) is 2.79. The van der Waals surface area contributed by atoms with Gasteiger partial charge in [0.05, 0.1) is 0 Å². The molecule has 0 aliphatic carbocycles. The summed E-state index contributed by atoms with van der Waals surface area (Å²) in [5.74, 6) is 0. The maximum Gasteiger partial charge on any atom is 0.168 e. The van der Waals surface area contributed by atoms with E-state index < -0.39 is 0 Å². The van der Waals surface area contributed by atoms with Crippen molar-refractivity contribution in [2.75, 3.05) is 0 Å². The Morgan fingerprint density at radius 2 is 1.29 bits per heavy atom. The third kappa shape index (κ3) is 1.17. The average molecular weight is 188 g/mol. The van der Waals surface area contributed by atoms with Crippen molar-refractivity contribution in [3.63, 3.8) is 0 Å². The Labute approximate surface area is 80.3 Å². The average Bonchev–Trinajstić information content (AvgIpc) is 2.85. The number of hydrogen-bond donors (Lipinski definition) is 0. The SMILES string of the molecule is O=Cc1cccn1-n1cccc1C=O. The Morgan fingerprint density at radius 1 is 0.857 bits per heavy atom. The monoisotopic (exact) mass is 188 g/mol. The Morgan fingerprint density at radius 3 is 1.64 bits per heavy atom. The van der Waals surface area contributed by atoms with Crippen LogP contribution in [0.4, 0.5) is 0 Å². The van der Waals surface area contributed by atoms with Crippen molar-refractivity contribution in [3.05, 3.63) is 48.0 Å². The van der Waals surface area contributed by atoms with Crippen molar-refractivity contribution < 1.29 is 9.59 Å². The number of rotatable bonds is 3. The number of aromatic nitrogens is 2. The van der Waals surface area contributed by atoms with E-state index in [2.05, 4.69) is 0 Å². The van der Waals surface area contributed by atoms with E-state index >= 15 is 0 Å². The molecule has 0 N–H and O–H groups in total. The molecule has 0 atom stereocenters. The van der Waals surface area contributed by atoms with Gasteiger partial charge in [-0.15, -0.1) is 0 Å². The summed E-state index contributed by atoms with van der Waals surface area (Å²) in [6.07, 6.45) is 4.93. The number of carbonyl (C=O) groups excluding carboxylic acids is 2. The summed E-state index contributed by atoms with van der Waals surface area (Å²) in [4.78, 5) is 21.3. The molecule has 4 heteroatoms. The molecule has 0 amide bonds. The lowest BCUT2D eigenvalue weighted by atomic mass is 10.5. The summed E-state index contributed by atoms with van der Waals surface area (Å²) in [5, 5.41) is 0. The first-order valence-electron chi connectivity index (χ1n) is 4.12. The van der Waals surface area contributed by atoms with Gasteiger partial charge in [0, 0.05) is 12.4 Å². The largest absolute Gasteiger partial charge is 0.296 e. The molecule has 2 aromatic rings. The third-order valence-corrected chi connectivity index (χ3v) is 1.99. The molecule has 0 radical (unpaired) electrons. The Balaban J connectivity index is 2.59. The second-order valence-electron chi connectivity index (χ2n) is 2.79. The van der Waals surface area contributed by atoms with Gasteiger partial charge < -0.3 is 0 Å². The van der Waals surface area contributed by atoms with Crippen LogP contribution in [0.1, 0.15) is 21.0 Å². The van der Waals surface area contributed by atoms with E-state index in [-0.39, 0.29) is 0 Å². The minimum atomic E-state index is 0.504. The molecule has 0 saturated heterocycles. The highest BCUT2D eigenvalue weighted by molar-refractivity contribution is 5.74. The van der Waals surface area contributed by atoms with E-state index in [0.717, 1.165) is 12.6 Å². The number of nitrogens with zero attached hydrogens (tertiary/aromatic N) is 2. The topological polar surface area (TPSA) is 44.0 Å². The van der Waals surface area contributed by atoms with Crippen LogP contribution in [0.15, 0.2) is 36.7 Å². The van der Waals surface area contributed by atoms with Crippen molar-refractivity contribution in [2.45, 2.75) is 0 Å². The number of carbonyl (C=O) groups is 2. The lowest BCUT2D eigenvalue weighted by Gasteiger charge is -2.08. The van der Waals surface area contributed by atoms with Crippen LogP contribution in [0.5, 0.6) is 0 Å². The molecule has 70 valence electrons. The second kappa shape index (κ2) is 3.33. The molecule has 2 heterocycles. The van der Waals surface area contributed by atoms with Gasteiger partial charge in [0.1, 0.15) is 11.4 Å². The molecule has 0 aliphatic rings. The molecule has 4 nitrogen and oxygen atoms in total. The summed E-state index contributed by atoms with van der Waals surface area (Å²) in [5.41, 5.74) is 1.01. The maximum absolute atomic E-state index is 10.7. The fourth-order valence-electron chi connectivity index (χ4n) is 1.35. The summed E-state index contributed by atoms with van der Waals surface area (Å²) < 4.78 is 3.22. The smallest absolute Gasteiger partial charge is 0.168 e. The molecule has 0 aromatic carbocycles. The van der Waals surface area contributed by atoms with Crippen LogP contribution < -0.4 is 0 Å². The molecule has 0 bridgehead atoms. The Hall–Kier alpha value is -2.10. The van der Waals surface area contributed by atoms with Crippen molar-refractivity contribution in [3.8, 4) is 0 Å². The lowest BCUT2D eigenvalue weighted by molar-refractivity contribution is 0.109. The lowest BCUT2D eigenvalue weighted by Crippen LogP contribution is -2.12. The van der Waals surface area contributed by atoms with Crippen LogP contribution >= 0.6 is 0 Å². The van der Waals surface area contributed by atoms with Gasteiger partial charge in [-0.25, -0.2) is 0 Å². The van der Waals surface area contributed by atoms with E-state index in [0.29, 0.717) is 11.4 Å². The quantitative estimate of drug-likeness (QED) is 0.680. The highest BCUT2D eigenvalue weighted by Gasteiger charge is 2.04. The summed E-state index contributed by atoms with van der Waals surface area (Å²) in [6.45, 7) is 0. The van der Waals surface area contributed by atoms with Crippen LogP contribution in [0.3, 0.4) is 0 Å². The first kappa shape index (κ1) is 8.50. The number of hydrogen-bond acceptors (Lipinski definition) is 2. The zero-order chi connectivity index (χ0) is 9.97. The van der Waals surface area contributed by atoms with Gasteiger partial charge in [0.15, 0.2) is 12.6 Å². The molecule has 0 saturated carbocycles. The van der Waals surface area contributed by atoms with Gasteiger partial charge in [0.25, 0.3) is 0 Å². The third-order valence-electron chi connectivity index (χ3n) is 1.99. The molecular formula is C10H8N2O2. The van der Waals surface area contributed by atoms with Crippen molar-refractivity contribution in [1.29, 1.82) is 0 Å². The molecule has 0 aliphatic heterocycles. The highest BCUT2D eigenvalue weighted by atomic mass is 16.1. The van der Waals surface area contributed by atoms with E-state index in [1.165, 1.54) is 0 Å². The first-order valence-corrected chi connectivity index (χ1v) is 4.12. The zero-order valence-corrected chi connectivity index (χ0v) is 7.33. The molecular weight excluding hydrogens is 180 g/mol. The number of aldehydes is 2. The fourth-order valence-corrected chi connectivity index (χ4v) is 1.35. The van der Waals surface area contributed by atoms with Gasteiger partial charge in [-0.1, -0.05) is 0 Å². The van der Waals surface area contributed by atoms with Crippen LogP contribution in [-0.2, 0) is 0 Å². The van der Waals surface area contributed by atoms with Crippen molar-refractivity contribution in [2.24, 2.45) is 0 Å². The van der Waals surface area contributed by atoms with Crippen LogP contribution in [0.25, 0.3) is 0 Å². The summed E-state index contributed by atoms with van der Waals surface area (Å²) >= 11 is 0. The van der Waals surface area contributed by atoms with Crippen LogP contribution in [0.2, 0.25) is 0 Å². The normalized spacial score (nSPS) is 10.0. The molecule has 0 fully saturated rings. The molecule has 2 rings (SSSR count). The molecule has 0 spiro atoms. The summed E-state index contributed by atoms with van der Waals surface area (Å²) in [7, 11) is 0. The predicted octanol–water partition coefficient (Wildman–Crippen LogP) is 1.23. The van der Waals surface area contributed by atoms with Crippen molar-refractivity contribution >= 4 is 12.6 Å². The van der Waals surface area contributed by atoms with Gasteiger partial charge in [-0.3, -0.25) is 18.9 Å². The predicted molar refractivity (Wildman–Crippen MR) is 50.4 cm³/mol. The minimum absolute atomic E-state index is 0.504. The van der Waals surface area contributed by atoms with Crippen LogP contribution in [-0.4, -0.2) is 21.9 Å². The maximum atomic E-state index is 10.7. The van der Waals surface area contributed by atoms with Gasteiger partial charge >= 0.3 is 0 Å². The molecule has 2 aromatic heterocycles. The Kier molecular flexibility index (Phi) is 2.02. The zero-order valence-electron chi connectivity index (χ0n) is 7.33. The summed E-state index contributed by atoms with van der Waals surface area (Å²) in [6, 6.07) is 6.86. The fraction of sp³-hybridized carbons (Fsp3) is 0. The van der Waals surface area contributed by atoms with E-state index in [9.17, 15) is 9.59 Å². The minimum Gasteiger partial charge on any atom is -0.296 e. The Bertz CT molecular complexity index is 424. The van der Waals surface area contributed by atoms with E-state index in [1.807, 2.05) is 0 Å². The van der Waals surface area contributed by atoms with Crippen molar-refractivity contribution in [1.82, 2.24) is 9.35 Å². The van der Waals surface area contributed by atoms with Gasteiger partial charge in [0.2, 0.25) is 0 Å². The van der Waals surface area contributed by atoms with Gasteiger partial charge in [-0.2, -0.15) is 0 Å². The standard InChI is InChI=1S/C10H8N2O2/c13-7-9-3-1-5-11(9)12-6-2-4-10(12)8-14/h1-8H. The van der Waals surface area contributed by atoms with E-state index in [4.69, 9.17) is 0 Å². The van der Waals surface area contributed by atoms with Gasteiger partial charge in [-0.05, 0) is 24.3 Å².